The number of hydrogen-bond donors (Lipinski definition) is 1. The number of amides is 1. The molecular formula is C24H35NO4SSi. The highest BCUT2D eigenvalue weighted by Gasteiger charge is 2.39. The van der Waals surface area contributed by atoms with Crippen molar-refractivity contribution in [3.8, 4) is 0 Å². The Balaban J connectivity index is 1.93. The third-order valence-corrected chi connectivity index (χ3v) is 9.01. The van der Waals surface area contributed by atoms with Gasteiger partial charge in [0.25, 0.3) is 0 Å². The lowest BCUT2D eigenvalue weighted by Crippen LogP contribution is -2.46. The van der Waals surface area contributed by atoms with Crippen LogP contribution in [0.2, 0.25) is 6.04 Å². The Labute approximate surface area is 192 Å². The molecule has 1 N–H and O–H groups in total. The molecule has 0 bridgehead atoms. The van der Waals surface area contributed by atoms with E-state index in [4.69, 9.17) is 13.3 Å². The van der Waals surface area contributed by atoms with Gasteiger partial charge in [-0.3, -0.25) is 4.79 Å². The molecule has 31 heavy (non-hydrogen) atoms. The molecule has 0 spiro atoms. The van der Waals surface area contributed by atoms with Crippen LogP contribution in [0.1, 0.15) is 38.7 Å². The minimum atomic E-state index is -2.60. The maximum absolute atomic E-state index is 13.0. The third-order valence-electron chi connectivity index (χ3n) is 4.71. The topological polar surface area (TPSA) is 56.8 Å². The van der Waals surface area contributed by atoms with Gasteiger partial charge < -0.3 is 18.6 Å². The van der Waals surface area contributed by atoms with E-state index in [0.717, 1.165) is 35.2 Å². The summed E-state index contributed by atoms with van der Waals surface area (Å²) in [5.74, 6) is 1.45. The van der Waals surface area contributed by atoms with Crippen molar-refractivity contribution in [3.63, 3.8) is 0 Å². The number of anilines is 1. The van der Waals surface area contributed by atoms with E-state index in [2.05, 4.69) is 5.32 Å². The number of carbonyl (C=O) groups excluding carboxylic acids is 1. The highest BCUT2D eigenvalue weighted by Crippen LogP contribution is 2.25. The molecular weight excluding hydrogens is 426 g/mol. The van der Waals surface area contributed by atoms with Gasteiger partial charge in [0, 0.05) is 37.3 Å². The van der Waals surface area contributed by atoms with Gasteiger partial charge in [0.1, 0.15) is 0 Å². The highest BCUT2D eigenvalue weighted by molar-refractivity contribution is 7.99. The van der Waals surface area contributed by atoms with Crippen LogP contribution in [0.4, 0.5) is 5.69 Å². The van der Waals surface area contributed by atoms with Crippen LogP contribution in [0, 0.1) is 0 Å². The van der Waals surface area contributed by atoms with Crippen molar-refractivity contribution >= 4 is 32.2 Å². The Morgan fingerprint density at radius 3 is 2.00 bits per heavy atom. The summed E-state index contributed by atoms with van der Waals surface area (Å²) >= 11 is 1.78. The maximum atomic E-state index is 13.0. The molecule has 0 aliphatic rings. The fourth-order valence-corrected chi connectivity index (χ4v) is 7.32. The zero-order valence-electron chi connectivity index (χ0n) is 18.8. The largest absolute Gasteiger partial charge is 0.500 e. The Hall–Kier alpha value is -1.64. The van der Waals surface area contributed by atoms with Crippen LogP contribution in [-0.4, -0.2) is 46.0 Å². The second-order valence-corrected chi connectivity index (χ2v) is 10.9. The van der Waals surface area contributed by atoms with Crippen LogP contribution in [-0.2, 0) is 18.1 Å². The van der Waals surface area contributed by atoms with Crippen LogP contribution in [0.5, 0.6) is 0 Å². The van der Waals surface area contributed by atoms with Gasteiger partial charge in [-0.1, -0.05) is 48.5 Å². The van der Waals surface area contributed by atoms with Crippen LogP contribution < -0.4 is 5.32 Å². The number of rotatable bonds is 15. The number of thioether (sulfide) groups is 1. The summed E-state index contributed by atoms with van der Waals surface area (Å²) in [6.45, 7) is 7.71. The van der Waals surface area contributed by atoms with Crippen LogP contribution in [0.3, 0.4) is 0 Å². The monoisotopic (exact) mass is 461 g/mol. The van der Waals surface area contributed by atoms with Crippen molar-refractivity contribution in [2.45, 2.75) is 39.2 Å². The molecule has 1 amide bonds. The summed E-state index contributed by atoms with van der Waals surface area (Å²) in [5.41, 5.74) is 1.85. The molecule has 2 aromatic rings. The van der Waals surface area contributed by atoms with E-state index in [9.17, 15) is 4.79 Å². The summed E-state index contributed by atoms with van der Waals surface area (Å²) in [4.78, 5) is 13.0. The van der Waals surface area contributed by atoms with Gasteiger partial charge in [-0.25, -0.2) is 0 Å². The first-order valence-corrected chi connectivity index (χ1v) is 14.1. The molecule has 7 heteroatoms. The number of para-hydroxylation sites is 1. The van der Waals surface area contributed by atoms with E-state index < -0.39 is 8.80 Å². The first-order chi connectivity index (χ1) is 15.1. The van der Waals surface area contributed by atoms with Crippen LogP contribution >= 0.6 is 11.8 Å². The molecule has 0 saturated carbocycles. The maximum Gasteiger partial charge on any atom is 0.500 e. The van der Waals surface area contributed by atoms with E-state index in [1.54, 1.807) is 11.8 Å². The Morgan fingerprint density at radius 2 is 1.45 bits per heavy atom. The molecule has 0 fully saturated rings. The van der Waals surface area contributed by atoms with Gasteiger partial charge in [0.15, 0.2) is 0 Å². The van der Waals surface area contributed by atoms with E-state index in [0.29, 0.717) is 19.8 Å². The summed E-state index contributed by atoms with van der Waals surface area (Å²) < 4.78 is 17.8. The van der Waals surface area contributed by atoms with E-state index >= 15 is 0 Å². The van der Waals surface area contributed by atoms with Crippen molar-refractivity contribution < 1.29 is 18.1 Å². The van der Waals surface area contributed by atoms with Gasteiger partial charge >= 0.3 is 8.80 Å². The quantitative estimate of drug-likeness (QED) is 0.277. The fraction of sp³-hybridized carbons (Fsp3) is 0.458. The second-order valence-electron chi connectivity index (χ2n) is 6.98. The summed E-state index contributed by atoms with van der Waals surface area (Å²) in [6.07, 6.45) is 0.929. The van der Waals surface area contributed by atoms with Gasteiger partial charge in [0.05, 0.1) is 5.92 Å². The van der Waals surface area contributed by atoms with Crippen molar-refractivity contribution in [3.05, 3.63) is 66.2 Å². The smallest absolute Gasteiger partial charge is 0.374 e. The van der Waals surface area contributed by atoms with Gasteiger partial charge in [-0.15, -0.1) is 0 Å². The molecule has 0 heterocycles. The minimum absolute atomic E-state index is 0.0200. The lowest BCUT2D eigenvalue weighted by atomic mass is 10.0. The molecule has 0 aliphatic heterocycles. The number of carbonyl (C=O) groups is 1. The molecule has 0 radical (unpaired) electrons. The standard InChI is InChI=1S/C24H35NO4SSi/c1-4-27-31(28-5-2,29-6-3)19-13-18-30-20-23(21-14-9-7-10-15-21)24(26)25-22-16-11-8-12-17-22/h7-12,14-17,23H,4-6,13,18-20H2,1-3H3,(H,25,26). The normalized spacial score (nSPS) is 12.5. The Bertz CT molecular complexity index is 731. The van der Waals surface area contributed by atoms with Gasteiger partial charge in [0.2, 0.25) is 5.91 Å². The zero-order chi connectivity index (χ0) is 22.4. The fourth-order valence-electron chi connectivity index (χ4n) is 3.35. The van der Waals surface area contributed by atoms with Crippen molar-refractivity contribution in [2.24, 2.45) is 0 Å². The molecule has 0 aliphatic carbocycles. The summed E-state index contributed by atoms with van der Waals surface area (Å²) in [7, 11) is -2.60. The molecule has 2 rings (SSSR count). The SMILES string of the molecule is CCO[Si](CCCSCC(C(=O)Nc1ccccc1)c1ccccc1)(OCC)OCC. The van der Waals surface area contributed by atoms with Gasteiger partial charge in [-0.05, 0) is 50.6 Å². The number of nitrogens with one attached hydrogen (secondary N) is 1. The lowest BCUT2D eigenvalue weighted by Gasteiger charge is -2.28. The Morgan fingerprint density at radius 1 is 0.903 bits per heavy atom. The third kappa shape index (κ3) is 8.78. The predicted molar refractivity (Wildman–Crippen MR) is 132 cm³/mol. The summed E-state index contributed by atoms with van der Waals surface area (Å²) in [5, 5.41) is 3.05. The van der Waals surface area contributed by atoms with Gasteiger partial charge in [-0.2, -0.15) is 11.8 Å². The molecule has 1 atom stereocenters. The average Bonchev–Trinajstić information content (AvgIpc) is 2.78. The van der Waals surface area contributed by atoms with E-state index in [1.165, 1.54) is 0 Å². The first-order valence-electron chi connectivity index (χ1n) is 11.0. The lowest BCUT2D eigenvalue weighted by molar-refractivity contribution is -0.117. The van der Waals surface area contributed by atoms with Crippen LogP contribution in [0.25, 0.3) is 0 Å². The van der Waals surface area contributed by atoms with Crippen molar-refractivity contribution in [1.29, 1.82) is 0 Å². The first kappa shape index (κ1) is 25.6. The number of benzene rings is 2. The second kappa shape index (κ2) is 14.4. The van der Waals surface area contributed by atoms with Crippen LogP contribution in [0.15, 0.2) is 60.7 Å². The van der Waals surface area contributed by atoms with E-state index in [1.807, 2.05) is 81.4 Å². The molecule has 170 valence electrons. The molecule has 2 aromatic carbocycles. The zero-order valence-corrected chi connectivity index (χ0v) is 20.7. The minimum Gasteiger partial charge on any atom is -0.374 e. The molecule has 0 saturated heterocycles. The van der Waals surface area contributed by atoms with Crippen molar-refractivity contribution in [1.82, 2.24) is 0 Å². The predicted octanol–water partition coefficient (Wildman–Crippen LogP) is 5.58. The van der Waals surface area contributed by atoms with E-state index in [-0.39, 0.29) is 11.8 Å². The Kier molecular flexibility index (Phi) is 11.9. The average molecular weight is 462 g/mol. The summed E-state index contributed by atoms with van der Waals surface area (Å²) in [6, 6.07) is 20.4. The molecule has 5 nitrogen and oxygen atoms in total. The highest BCUT2D eigenvalue weighted by atomic mass is 32.2. The number of hydrogen-bond acceptors (Lipinski definition) is 5. The molecule has 1 unspecified atom stereocenters. The molecule has 0 aromatic heterocycles. The van der Waals surface area contributed by atoms with Crippen molar-refractivity contribution in [2.75, 3.05) is 36.6 Å².